The number of nitro benzene ring substituents is 1. The molecule has 0 saturated carbocycles. The number of allylic oxidation sites excluding steroid dienone is 2. The minimum Gasteiger partial charge on any atom is -0.377 e. The van der Waals surface area contributed by atoms with Gasteiger partial charge in [-0.15, -0.1) is 0 Å². The van der Waals surface area contributed by atoms with Crippen LogP contribution in [0.4, 0.5) is 15.8 Å². The molecule has 2 aliphatic rings. The predicted octanol–water partition coefficient (Wildman–Crippen LogP) is 4.87. The smallest absolute Gasteiger partial charge is 0.270 e. The minimum atomic E-state index is -0.340. The van der Waals surface area contributed by atoms with E-state index in [2.05, 4.69) is 17.5 Å². The Morgan fingerprint density at radius 1 is 1.25 bits per heavy atom. The van der Waals surface area contributed by atoms with E-state index >= 15 is 0 Å². The van der Waals surface area contributed by atoms with Crippen molar-refractivity contribution in [3.63, 3.8) is 0 Å². The second-order valence-electron chi connectivity index (χ2n) is 6.51. The number of nitrogens with one attached hydrogen (secondary N) is 1. The summed E-state index contributed by atoms with van der Waals surface area (Å²) >= 11 is 0. The van der Waals surface area contributed by atoms with Crippen molar-refractivity contribution in [2.24, 2.45) is 5.92 Å². The lowest BCUT2D eigenvalue weighted by molar-refractivity contribution is -0.385. The average Bonchev–Trinajstić information content (AvgIpc) is 3.05. The van der Waals surface area contributed by atoms with E-state index in [1.165, 1.54) is 12.1 Å². The maximum absolute atomic E-state index is 13.2. The van der Waals surface area contributed by atoms with Crippen molar-refractivity contribution in [2.75, 3.05) is 5.32 Å². The maximum atomic E-state index is 13.2. The maximum Gasteiger partial charge on any atom is 0.270 e. The molecule has 122 valence electrons. The Labute approximate surface area is 139 Å². The van der Waals surface area contributed by atoms with Gasteiger partial charge in [0.05, 0.1) is 11.0 Å². The van der Waals surface area contributed by atoms with Crippen molar-refractivity contribution in [2.45, 2.75) is 25.3 Å². The highest BCUT2D eigenvalue weighted by atomic mass is 19.1. The normalized spacial score (nSPS) is 24.2. The molecule has 0 unspecified atom stereocenters. The number of rotatable bonds is 2. The summed E-state index contributed by atoms with van der Waals surface area (Å²) in [7, 11) is 0. The van der Waals surface area contributed by atoms with Crippen LogP contribution in [0.2, 0.25) is 0 Å². The fraction of sp³-hybridized carbons (Fsp3) is 0.263. The molecular formula is C19H17FN2O2. The molecule has 0 spiro atoms. The summed E-state index contributed by atoms with van der Waals surface area (Å²) in [6, 6.07) is 9.94. The molecule has 1 N–H and O–H groups in total. The Bertz CT molecular complexity index is 845. The molecule has 5 heteroatoms. The zero-order chi connectivity index (χ0) is 16.8. The van der Waals surface area contributed by atoms with Gasteiger partial charge in [-0.1, -0.05) is 24.3 Å². The van der Waals surface area contributed by atoms with E-state index in [0.717, 1.165) is 28.8 Å². The highest BCUT2D eigenvalue weighted by Gasteiger charge is 2.39. The van der Waals surface area contributed by atoms with Crippen LogP contribution in [0, 0.1) is 28.8 Å². The van der Waals surface area contributed by atoms with Crippen LogP contribution in [0.3, 0.4) is 0 Å². The van der Waals surface area contributed by atoms with Crippen LogP contribution in [0.15, 0.2) is 48.6 Å². The Hall–Kier alpha value is -2.69. The summed E-state index contributed by atoms with van der Waals surface area (Å²) in [5.74, 6) is 0.183. The zero-order valence-electron chi connectivity index (χ0n) is 13.2. The molecule has 4 nitrogen and oxygen atoms in total. The molecule has 2 aromatic carbocycles. The lowest BCUT2D eigenvalue weighted by Crippen LogP contribution is -2.29. The number of hydrogen-bond donors (Lipinski definition) is 1. The monoisotopic (exact) mass is 324 g/mol. The molecule has 0 aromatic heterocycles. The van der Waals surface area contributed by atoms with E-state index in [1.54, 1.807) is 12.1 Å². The lowest BCUT2D eigenvalue weighted by atomic mass is 9.76. The van der Waals surface area contributed by atoms with Gasteiger partial charge in [-0.2, -0.15) is 0 Å². The highest BCUT2D eigenvalue weighted by Crippen LogP contribution is 2.51. The van der Waals surface area contributed by atoms with Crippen LogP contribution in [0.1, 0.15) is 35.1 Å². The first-order valence-electron chi connectivity index (χ1n) is 8.02. The molecular weight excluding hydrogens is 307 g/mol. The molecule has 0 bridgehead atoms. The first-order valence-corrected chi connectivity index (χ1v) is 8.02. The fourth-order valence-electron chi connectivity index (χ4n) is 3.97. The molecule has 2 aromatic rings. The largest absolute Gasteiger partial charge is 0.377 e. The third-order valence-corrected chi connectivity index (χ3v) is 5.09. The molecule has 24 heavy (non-hydrogen) atoms. The van der Waals surface area contributed by atoms with Gasteiger partial charge in [-0.05, 0) is 48.1 Å². The number of non-ortho nitro benzene ring substituents is 1. The van der Waals surface area contributed by atoms with Crippen molar-refractivity contribution < 1.29 is 9.31 Å². The Morgan fingerprint density at radius 2 is 2.00 bits per heavy atom. The highest BCUT2D eigenvalue weighted by molar-refractivity contribution is 5.67. The number of nitrogens with zero attached hydrogens (tertiary/aromatic N) is 1. The summed E-state index contributed by atoms with van der Waals surface area (Å²) in [5, 5.41) is 14.7. The molecule has 0 fully saturated rings. The van der Waals surface area contributed by atoms with E-state index in [-0.39, 0.29) is 34.3 Å². The fourth-order valence-corrected chi connectivity index (χ4v) is 3.97. The first-order chi connectivity index (χ1) is 11.5. The van der Waals surface area contributed by atoms with E-state index in [1.807, 2.05) is 19.1 Å². The minimum absolute atomic E-state index is 0.0678. The van der Waals surface area contributed by atoms with Crippen LogP contribution < -0.4 is 5.32 Å². The number of fused-ring (bicyclic) bond motifs is 3. The third-order valence-electron chi connectivity index (χ3n) is 5.09. The number of hydrogen-bond acceptors (Lipinski definition) is 3. The van der Waals surface area contributed by atoms with Crippen LogP contribution in [-0.4, -0.2) is 4.92 Å². The van der Waals surface area contributed by atoms with Crippen LogP contribution >= 0.6 is 0 Å². The van der Waals surface area contributed by atoms with E-state index in [4.69, 9.17) is 0 Å². The topological polar surface area (TPSA) is 55.2 Å². The number of aryl methyl sites for hydroxylation is 1. The zero-order valence-corrected chi connectivity index (χ0v) is 13.2. The van der Waals surface area contributed by atoms with E-state index in [0.29, 0.717) is 0 Å². The van der Waals surface area contributed by atoms with Gasteiger partial charge in [-0.25, -0.2) is 4.39 Å². The summed E-state index contributed by atoms with van der Waals surface area (Å²) in [5.41, 5.74) is 3.98. The predicted molar refractivity (Wildman–Crippen MR) is 90.6 cm³/mol. The SMILES string of the molecule is Cc1cc([N+](=O)[O-])cc2c1N[C@@H](c1ccc(F)cc1)[C@H]1CC=C[C@@H]21. The van der Waals surface area contributed by atoms with Gasteiger partial charge in [0.15, 0.2) is 0 Å². The van der Waals surface area contributed by atoms with Crippen molar-refractivity contribution in [3.8, 4) is 0 Å². The lowest BCUT2D eigenvalue weighted by Gasteiger charge is -2.38. The second kappa shape index (κ2) is 5.44. The van der Waals surface area contributed by atoms with Crippen LogP contribution in [0.5, 0.6) is 0 Å². The van der Waals surface area contributed by atoms with Crippen molar-refractivity contribution >= 4 is 11.4 Å². The standard InChI is InChI=1S/C19H17FN2O2/c1-11-9-14(22(23)24)10-17-15-3-2-4-16(15)19(21-18(11)17)12-5-7-13(20)8-6-12/h2-3,5-10,15-16,19,21H,4H2,1H3/t15-,16+,19+/m1/s1. The van der Waals surface area contributed by atoms with Crippen molar-refractivity contribution in [3.05, 3.63) is 81.2 Å². The van der Waals surface area contributed by atoms with Gasteiger partial charge >= 0.3 is 0 Å². The van der Waals surface area contributed by atoms with Gasteiger partial charge in [-0.3, -0.25) is 10.1 Å². The van der Waals surface area contributed by atoms with Crippen LogP contribution in [-0.2, 0) is 0 Å². The summed E-state index contributed by atoms with van der Waals surface area (Å²) in [4.78, 5) is 10.8. The van der Waals surface area contributed by atoms with E-state index < -0.39 is 0 Å². The van der Waals surface area contributed by atoms with Crippen LogP contribution in [0.25, 0.3) is 0 Å². The molecule has 0 radical (unpaired) electrons. The van der Waals surface area contributed by atoms with Gasteiger partial charge in [0.1, 0.15) is 5.82 Å². The molecule has 1 heterocycles. The summed E-state index contributed by atoms with van der Waals surface area (Å²) < 4.78 is 13.2. The molecule has 0 amide bonds. The quantitative estimate of drug-likeness (QED) is 0.487. The number of halogens is 1. The average molecular weight is 324 g/mol. The second-order valence-corrected chi connectivity index (χ2v) is 6.51. The van der Waals surface area contributed by atoms with Crippen molar-refractivity contribution in [1.29, 1.82) is 0 Å². The summed E-state index contributed by atoms with van der Waals surface area (Å²) in [6.45, 7) is 1.89. The first kappa shape index (κ1) is 14.9. The number of benzene rings is 2. The Kier molecular flexibility index (Phi) is 3.37. The molecule has 4 rings (SSSR count). The number of nitro groups is 1. The van der Waals surface area contributed by atoms with Crippen molar-refractivity contribution in [1.82, 2.24) is 0 Å². The van der Waals surface area contributed by atoms with Gasteiger partial charge in [0.2, 0.25) is 0 Å². The van der Waals surface area contributed by atoms with Gasteiger partial charge < -0.3 is 5.32 Å². The third kappa shape index (κ3) is 2.28. The van der Waals surface area contributed by atoms with Gasteiger partial charge in [0, 0.05) is 23.7 Å². The number of anilines is 1. The summed E-state index contributed by atoms with van der Waals surface area (Å²) in [6.07, 6.45) is 5.18. The van der Waals surface area contributed by atoms with Gasteiger partial charge in [0.25, 0.3) is 5.69 Å². The molecule has 1 aliphatic heterocycles. The Morgan fingerprint density at radius 3 is 2.71 bits per heavy atom. The Balaban J connectivity index is 1.82. The molecule has 0 saturated heterocycles. The molecule has 1 aliphatic carbocycles. The molecule has 3 atom stereocenters. The van der Waals surface area contributed by atoms with E-state index in [9.17, 15) is 14.5 Å².